The molecule has 0 fully saturated rings. The van der Waals surface area contributed by atoms with Crippen molar-refractivity contribution in [1.82, 2.24) is 0 Å². The van der Waals surface area contributed by atoms with Crippen molar-refractivity contribution in [3.05, 3.63) is 53.1 Å². The highest BCUT2D eigenvalue weighted by molar-refractivity contribution is 6.78. The number of benzene rings is 2. The van der Waals surface area contributed by atoms with E-state index in [0.717, 1.165) is 28.2 Å². The topological polar surface area (TPSA) is 57.2 Å². The summed E-state index contributed by atoms with van der Waals surface area (Å²) in [6.07, 6.45) is 0. The van der Waals surface area contributed by atoms with E-state index in [2.05, 4.69) is 101 Å². The molecular formula is C33H56O5Si2. The van der Waals surface area contributed by atoms with E-state index in [0.29, 0.717) is 35.6 Å². The minimum atomic E-state index is -2.31. The molecule has 1 atom stereocenters. The Kier molecular flexibility index (Phi) is 12.0. The van der Waals surface area contributed by atoms with E-state index < -0.39 is 16.6 Å². The maximum atomic E-state index is 10.7. The largest absolute Gasteiger partial charge is 0.542 e. The molecule has 40 heavy (non-hydrogen) atoms. The van der Waals surface area contributed by atoms with Crippen molar-refractivity contribution in [2.24, 2.45) is 0 Å². The molecule has 0 amide bonds. The van der Waals surface area contributed by atoms with Crippen molar-refractivity contribution in [3.8, 4) is 17.2 Å². The Hall–Kier alpha value is -1.81. The van der Waals surface area contributed by atoms with Gasteiger partial charge in [-0.3, -0.25) is 0 Å². The van der Waals surface area contributed by atoms with E-state index in [9.17, 15) is 5.11 Å². The fraction of sp³-hybridized carbons (Fsp3) is 0.636. The third kappa shape index (κ3) is 7.52. The standard InChI is InChI=1S/C33H56O5Si2/c1-23(2)40(24(3)4,25(5)6)38-31-26(7)32(35-11)30(37-39(12,13)33(8,9)10)19-29(31)28(20-34)22-36-21-27-17-15-14-16-18-27/h14-19,23-25,28,34H,20-22H2,1-13H3/t28-/m1/s1. The maximum absolute atomic E-state index is 10.7. The fourth-order valence-corrected chi connectivity index (χ4v) is 12.0. The zero-order valence-electron chi connectivity index (χ0n) is 27.5. The smallest absolute Gasteiger partial charge is 0.258 e. The quantitative estimate of drug-likeness (QED) is 0.223. The van der Waals surface area contributed by atoms with Gasteiger partial charge in [0.1, 0.15) is 11.5 Å². The summed E-state index contributed by atoms with van der Waals surface area (Å²) in [6, 6.07) is 12.2. The van der Waals surface area contributed by atoms with Crippen LogP contribution in [0.4, 0.5) is 0 Å². The molecule has 2 rings (SSSR count). The van der Waals surface area contributed by atoms with Crippen LogP contribution in [0.25, 0.3) is 0 Å². The molecule has 0 bridgehead atoms. The number of hydrogen-bond acceptors (Lipinski definition) is 5. The summed E-state index contributed by atoms with van der Waals surface area (Å²) >= 11 is 0. The van der Waals surface area contributed by atoms with Crippen LogP contribution in [0.1, 0.15) is 84.9 Å². The number of ether oxygens (including phenoxy) is 2. The zero-order chi connectivity index (χ0) is 30.5. The lowest BCUT2D eigenvalue weighted by molar-refractivity contribution is 0.0876. The first kappa shape index (κ1) is 34.4. The van der Waals surface area contributed by atoms with Gasteiger partial charge >= 0.3 is 0 Å². The molecule has 226 valence electrons. The summed E-state index contributed by atoms with van der Waals surface area (Å²) in [5.74, 6) is 1.99. The summed E-state index contributed by atoms with van der Waals surface area (Å²) in [6.45, 7) is 27.8. The molecule has 0 heterocycles. The molecule has 0 radical (unpaired) electrons. The Morgan fingerprint density at radius 2 is 1.40 bits per heavy atom. The number of rotatable bonds is 14. The van der Waals surface area contributed by atoms with E-state index in [1.807, 2.05) is 18.2 Å². The summed E-state index contributed by atoms with van der Waals surface area (Å²) in [4.78, 5) is 0. The molecule has 0 spiro atoms. The lowest BCUT2D eigenvalue weighted by atomic mass is 9.96. The van der Waals surface area contributed by atoms with Crippen LogP contribution >= 0.6 is 0 Å². The van der Waals surface area contributed by atoms with Crippen molar-refractivity contribution in [2.45, 2.75) is 117 Å². The van der Waals surface area contributed by atoms with E-state index in [1.54, 1.807) is 7.11 Å². The van der Waals surface area contributed by atoms with Crippen LogP contribution < -0.4 is 13.6 Å². The molecule has 0 saturated heterocycles. The number of methoxy groups -OCH3 is 1. The third-order valence-corrected chi connectivity index (χ3v) is 19.2. The minimum Gasteiger partial charge on any atom is -0.542 e. The number of hydrogen-bond donors (Lipinski definition) is 1. The van der Waals surface area contributed by atoms with Crippen LogP contribution in [-0.2, 0) is 11.3 Å². The Labute approximate surface area is 246 Å². The fourth-order valence-electron chi connectivity index (χ4n) is 5.64. The molecule has 7 heteroatoms. The molecule has 2 aromatic carbocycles. The molecule has 0 aliphatic carbocycles. The predicted octanol–water partition coefficient (Wildman–Crippen LogP) is 9.23. The zero-order valence-corrected chi connectivity index (χ0v) is 29.5. The lowest BCUT2D eigenvalue weighted by Gasteiger charge is -2.44. The Morgan fingerprint density at radius 3 is 1.85 bits per heavy atom. The van der Waals surface area contributed by atoms with E-state index >= 15 is 0 Å². The van der Waals surface area contributed by atoms with Gasteiger partial charge in [0.15, 0.2) is 5.75 Å². The Bertz CT molecular complexity index is 1050. The van der Waals surface area contributed by atoms with Crippen LogP contribution in [0.5, 0.6) is 17.2 Å². The molecule has 0 saturated carbocycles. The lowest BCUT2D eigenvalue weighted by Crippen LogP contribution is -2.51. The second kappa shape index (κ2) is 13.9. The number of aliphatic hydroxyl groups excluding tert-OH is 1. The monoisotopic (exact) mass is 588 g/mol. The molecule has 0 aromatic heterocycles. The van der Waals surface area contributed by atoms with E-state index in [1.165, 1.54) is 0 Å². The average Bonchev–Trinajstić information content (AvgIpc) is 2.85. The highest BCUT2D eigenvalue weighted by atomic mass is 28.4. The van der Waals surface area contributed by atoms with Crippen molar-refractivity contribution < 1.29 is 23.4 Å². The van der Waals surface area contributed by atoms with Crippen molar-refractivity contribution >= 4 is 16.6 Å². The minimum absolute atomic E-state index is 0.0193. The average molecular weight is 589 g/mol. The molecule has 1 N–H and O–H groups in total. The Balaban J connectivity index is 2.72. The van der Waals surface area contributed by atoms with Crippen LogP contribution in [0.2, 0.25) is 34.8 Å². The van der Waals surface area contributed by atoms with Crippen LogP contribution in [-0.4, -0.2) is 42.1 Å². The summed E-state index contributed by atoms with van der Waals surface area (Å²) in [5.41, 5.74) is 4.16. The normalized spacial score (nSPS) is 13.7. The van der Waals surface area contributed by atoms with Gasteiger partial charge in [0.05, 0.1) is 26.9 Å². The van der Waals surface area contributed by atoms with Gasteiger partial charge in [0, 0.05) is 17.0 Å². The second-order valence-corrected chi connectivity index (χ2v) is 23.7. The van der Waals surface area contributed by atoms with Crippen molar-refractivity contribution in [2.75, 3.05) is 20.3 Å². The summed E-state index contributed by atoms with van der Waals surface area (Å²) in [5, 5.41) is 10.7. The first-order valence-electron chi connectivity index (χ1n) is 14.8. The van der Waals surface area contributed by atoms with Crippen molar-refractivity contribution in [3.63, 3.8) is 0 Å². The number of aliphatic hydroxyl groups is 1. The highest BCUT2D eigenvalue weighted by Crippen LogP contribution is 2.50. The van der Waals surface area contributed by atoms with E-state index in [-0.39, 0.29) is 17.6 Å². The summed E-state index contributed by atoms with van der Waals surface area (Å²) in [7, 11) is -2.79. The predicted molar refractivity (Wildman–Crippen MR) is 173 cm³/mol. The maximum Gasteiger partial charge on any atom is 0.258 e. The van der Waals surface area contributed by atoms with Gasteiger partial charge in [-0.05, 0) is 53.3 Å². The highest BCUT2D eigenvalue weighted by Gasteiger charge is 2.48. The molecule has 0 unspecified atom stereocenters. The first-order valence-corrected chi connectivity index (χ1v) is 19.9. The van der Waals surface area contributed by atoms with Gasteiger partial charge in [-0.1, -0.05) is 92.6 Å². The Morgan fingerprint density at radius 1 is 0.850 bits per heavy atom. The summed E-state index contributed by atoms with van der Waals surface area (Å²) < 4.78 is 26.4. The van der Waals surface area contributed by atoms with Gasteiger partial charge in [-0.2, -0.15) is 0 Å². The molecule has 2 aromatic rings. The second-order valence-electron chi connectivity index (χ2n) is 13.6. The molecule has 5 nitrogen and oxygen atoms in total. The van der Waals surface area contributed by atoms with Gasteiger partial charge in [0.2, 0.25) is 0 Å². The van der Waals surface area contributed by atoms with Gasteiger partial charge < -0.3 is 23.4 Å². The van der Waals surface area contributed by atoms with Gasteiger partial charge in [0.25, 0.3) is 16.6 Å². The van der Waals surface area contributed by atoms with Crippen molar-refractivity contribution in [1.29, 1.82) is 0 Å². The van der Waals surface area contributed by atoms with Gasteiger partial charge in [-0.15, -0.1) is 0 Å². The van der Waals surface area contributed by atoms with Crippen LogP contribution in [0.15, 0.2) is 36.4 Å². The van der Waals surface area contributed by atoms with Crippen LogP contribution in [0.3, 0.4) is 0 Å². The van der Waals surface area contributed by atoms with Crippen LogP contribution in [0, 0.1) is 6.92 Å². The first-order chi connectivity index (χ1) is 18.5. The molecular weight excluding hydrogens is 533 g/mol. The molecule has 0 aliphatic rings. The molecule has 0 aliphatic heterocycles. The SMILES string of the molecule is COc1c(O[Si](C)(C)C(C)(C)C)cc([C@H](CO)COCc2ccccc2)c(O[Si](C(C)C)(C(C)C)C(C)C)c1C. The van der Waals surface area contributed by atoms with Gasteiger partial charge in [-0.25, -0.2) is 0 Å². The third-order valence-electron chi connectivity index (χ3n) is 8.91. The van der Waals surface area contributed by atoms with E-state index in [4.69, 9.17) is 18.3 Å².